The predicted molar refractivity (Wildman–Crippen MR) is 78.0 cm³/mol. The van der Waals surface area contributed by atoms with E-state index in [9.17, 15) is 4.79 Å². The molecule has 1 saturated carbocycles. The molecule has 1 N–H and O–H groups in total. The van der Waals surface area contributed by atoms with Crippen molar-refractivity contribution in [3.63, 3.8) is 0 Å². The summed E-state index contributed by atoms with van der Waals surface area (Å²) in [6.07, 6.45) is 10.2. The summed E-state index contributed by atoms with van der Waals surface area (Å²) < 4.78 is 4.89. The zero-order valence-electron chi connectivity index (χ0n) is 11.9. The monoisotopic (exact) mass is 273 g/mol. The minimum absolute atomic E-state index is 0.101. The van der Waals surface area contributed by atoms with Crippen LogP contribution in [0, 0.1) is 0 Å². The summed E-state index contributed by atoms with van der Waals surface area (Å²) in [6.45, 7) is 2.15. The van der Waals surface area contributed by atoms with Crippen molar-refractivity contribution in [3.8, 4) is 0 Å². The van der Waals surface area contributed by atoms with Gasteiger partial charge in [-0.05, 0) is 38.4 Å². The zero-order valence-corrected chi connectivity index (χ0v) is 12.7. The Morgan fingerprint density at radius 1 is 1.39 bits per heavy atom. The number of rotatable bonds is 7. The highest BCUT2D eigenvalue weighted by molar-refractivity contribution is 7.99. The molecule has 4 heteroatoms. The van der Waals surface area contributed by atoms with Crippen LogP contribution >= 0.6 is 11.8 Å². The minimum Gasteiger partial charge on any atom is -0.468 e. The molecule has 0 spiro atoms. The molecule has 0 aromatic rings. The Morgan fingerprint density at radius 3 is 2.56 bits per heavy atom. The Bertz CT molecular complexity index is 240. The van der Waals surface area contributed by atoms with Crippen LogP contribution in [0.1, 0.15) is 51.9 Å². The molecule has 1 atom stereocenters. The normalized spacial score (nSPS) is 25.7. The summed E-state index contributed by atoms with van der Waals surface area (Å²) in [5.41, 5.74) is 0. The Hall–Kier alpha value is -0.220. The molecule has 0 amide bonds. The van der Waals surface area contributed by atoms with Gasteiger partial charge in [-0.2, -0.15) is 11.8 Å². The summed E-state index contributed by atoms with van der Waals surface area (Å²) in [5.74, 6) is -0.101. The lowest BCUT2D eigenvalue weighted by molar-refractivity contribution is -0.143. The quantitative estimate of drug-likeness (QED) is 0.724. The van der Waals surface area contributed by atoms with E-state index in [0.29, 0.717) is 6.04 Å². The molecule has 1 rings (SSSR count). The number of hydrogen-bond acceptors (Lipinski definition) is 4. The summed E-state index contributed by atoms with van der Waals surface area (Å²) in [6, 6.07) is 0.389. The molecule has 1 aliphatic rings. The van der Waals surface area contributed by atoms with Crippen LogP contribution in [0.2, 0.25) is 0 Å². The SMILES string of the molecule is CCCCC(NC1CCC(SC)CC1)C(=O)OC. The molecule has 0 saturated heterocycles. The van der Waals surface area contributed by atoms with Crippen LogP contribution in [-0.4, -0.2) is 36.7 Å². The molecular weight excluding hydrogens is 246 g/mol. The first-order chi connectivity index (χ1) is 8.71. The first-order valence-electron chi connectivity index (χ1n) is 7.07. The highest BCUT2D eigenvalue weighted by Crippen LogP contribution is 2.27. The number of nitrogens with one attached hydrogen (secondary N) is 1. The highest BCUT2D eigenvalue weighted by Gasteiger charge is 2.26. The summed E-state index contributed by atoms with van der Waals surface area (Å²) >= 11 is 1.97. The Balaban J connectivity index is 2.38. The fourth-order valence-corrected chi connectivity index (χ4v) is 3.31. The second-order valence-corrected chi connectivity index (χ2v) is 6.23. The van der Waals surface area contributed by atoms with E-state index >= 15 is 0 Å². The maximum Gasteiger partial charge on any atom is 0.322 e. The topological polar surface area (TPSA) is 38.3 Å². The van der Waals surface area contributed by atoms with Gasteiger partial charge in [-0.1, -0.05) is 19.8 Å². The van der Waals surface area contributed by atoms with Gasteiger partial charge in [0.15, 0.2) is 0 Å². The van der Waals surface area contributed by atoms with E-state index in [1.54, 1.807) is 0 Å². The van der Waals surface area contributed by atoms with E-state index in [1.807, 2.05) is 11.8 Å². The summed E-state index contributed by atoms with van der Waals surface area (Å²) in [5, 5.41) is 4.32. The molecule has 0 aromatic heterocycles. The van der Waals surface area contributed by atoms with Crippen LogP contribution < -0.4 is 5.32 Å². The van der Waals surface area contributed by atoms with Gasteiger partial charge in [0.1, 0.15) is 6.04 Å². The fourth-order valence-electron chi connectivity index (χ4n) is 2.57. The third-order valence-electron chi connectivity index (χ3n) is 3.78. The molecular formula is C14H27NO2S. The van der Waals surface area contributed by atoms with E-state index in [-0.39, 0.29) is 12.0 Å². The molecule has 3 nitrogen and oxygen atoms in total. The van der Waals surface area contributed by atoms with Crippen molar-refractivity contribution in [2.24, 2.45) is 0 Å². The number of carbonyl (C=O) groups excluding carboxylic acids is 1. The van der Waals surface area contributed by atoms with Gasteiger partial charge in [-0.15, -0.1) is 0 Å². The van der Waals surface area contributed by atoms with Gasteiger partial charge in [0.2, 0.25) is 0 Å². The lowest BCUT2D eigenvalue weighted by Gasteiger charge is -2.30. The molecule has 0 aromatic carbocycles. The van der Waals surface area contributed by atoms with Crippen molar-refractivity contribution in [1.29, 1.82) is 0 Å². The third-order valence-corrected chi connectivity index (χ3v) is 4.91. The lowest BCUT2D eigenvalue weighted by Crippen LogP contribution is -2.45. The highest BCUT2D eigenvalue weighted by atomic mass is 32.2. The van der Waals surface area contributed by atoms with Gasteiger partial charge in [0, 0.05) is 11.3 Å². The third kappa shape index (κ3) is 5.19. The number of thioether (sulfide) groups is 1. The van der Waals surface area contributed by atoms with E-state index < -0.39 is 0 Å². The number of esters is 1. The van der Waals surface area contributed by atoms with Gasteiger partial charge >= 0.3 is 5.97 Å². The van der Waals surface area contributed by atoms with Crippen LogP contribution in [0.15, 0.2) is 0 Å². The molecule has 0 heterocycles. The second-order valence-electron chi connectivity index (χ2n) is 5.09. The maximum absolute atomic E-state index is 11.7. The molecule has 18 heavy (non-hydrogen) atoms. The van der Waals surface area contributed by atoms with E-state index in [2.05, 4.69) is 18.5 Å². The Morgan fingerprint density at radius 2 is 2.06 bits per heavy atom. The average Bonchev–Trinajstić information content (AvgIpc) is 2.43. The number of carbonyl (C=O) groups is 1. The van der Waals surface area contributed by atoms with E-state index in [0.717, 1.165) is 24.5 Å². The predicted octanol–water partition coefficient (Wildman–Crippen LogP) is 2.98. The van der Waals surface area contributed by atoms with Crippen LogP contribution in [0.3, 0.4) is 0 Å². The van der Waals surface area contributed by atoms with Crippen molar-refractivity contribution in [3.05, 3.63) is 0 Å². The molecule has 1 fully saturated rings. The van der Waals surface area contributed by atoms with Gasteiger partial charge in [-0.3, -0.25) is 4.79 Å². The average molecular weight is 273 g/mol. The van der Waals surface area contributed by atoms with Gasteiger partial charge < -0.3 is 10.1 Å². The number of unbranched alkanes of at least 4 members (excludes halogenated alkanes) is 1. The fraction of sp³-hybridized carbons (Fsp3) is 0.929. The molecule has 0 radical (unpaired) electrons. The van der Waals surface area contributed by atoms with Gasteiger partial charge in [0.25, 0.3) is 0 Å². The van der Waals surface area contributed by atoms with Crippen molar-refractivity contribution in [2.75, 3.05) is 13.4 Å². The number of hydrogen-bond donors (Lipinski definition) is 1. The molecule has 1 unspecified atom stereocenters. The molecule has 0 aliphatic heterocycles. The molecule has 0 bridgehead atoms. The van der Waals surface area contributed by atoms with E-state index in [1.165, 1.54) is 32.8 Å². The van der Waals surface area contributed by atoms with Crippen molar-refractivity contribution >= 4 is 17.7 Å². The van der Waals surface area contributed by atoms with Crippen molar-refractivity contribution < 1.29 is 9.53 Å². The maximum atomic E-state index is 11.7. The first-order valence-corrected chi connectivity index (χ1v) is 8.36. The molecule has 106 valence electrons. The molecule has 1 aliphatic carbocycles. The number of methoxy groups -OCH3 is 1. The van der Waals surface area contributed by atoms with Crippen LogP contribution in [0.4, 0.5) is 0 Å². The smallest absolute Gasteiger partial charge is 0.322 e. The Labute approximate surface area is 115 Å². The van der Waals surface area contributed by atoms with Gasteiger partial charge in [-0.25, -0.2) is 0 Å². The summed E-state index contributed by atoms with van der Waals surface area (Å²) in [7, 11) is 1.48. The zero-order chi connectivity index (χ0) is 13.4. The van der Waals surface area contributed by atoms with Crippen LogP contribution in [0.5, 0.6) is 0 Å². The standard InChI is InChI=1S/C14H27NO2S/c1-4-5-6-13(14(16)17-2)15-11-7-9-12(18-3)10-8-11/h11-13,15H,4-10H2,1-3H3. The first kappa shape index (κ1) is 15.8. The van der Waals surface area contributed by atoms with Crippen molar-refractivity contribution in [2.45, 2.75) is 69.2 Å². The van der Waals surface area contributed by atoms with E-state index in [4.69, 9.17) is 4.74 Å². The summed E-state index contributed by atoms with van der Waals surface area (Å²) in [4.78, 5) is 11.7. The lowest BCUT2D eigenvalue weighted by atomic mass is 9.94. The number of ether oxygens (including phenoxy) is 1. The van der Waals surface area contributed by atoms with Gasteiger partial charge in [0.05, 0.1) is 7.11 Å². The van der Waals surface area contributed by atoms with Crippen molar-refractivity contribution in [1.82, 2.24) is 5.32 Å². The largest absolute Gasteiger partial charge is 0.468 e. The van der Waals surface area contributed by atoms with Crippen LogP contribution in [-0.2, 0) is 9.53 Å². The van der Waals surface area contributed by atoms with Crippen LogP contribution in [0.25, 0.3) is 0 Å². The minimum atomic E-state index is -0.106. The second kappa shape index (κ2) is 8.81. The Kier molecular flexibility index (Phi) is 7.75.